The van der Waals surface area contributed by atoms with Crippen molar-refractivity contribution in [2.24, 2.45) is 0 Å². The lowest BCUT2D eigenvalue weighted by Gasteiger charge is -2.11. The second kappa shape index (κ2) is 11.9. The summed E-state index contributed by atoms with van der Waals surface area (Å²) in [5.41, 5.74) is 3.30. The summed E-state index contributed by atoms with van der Waals surface area (Å²) < 4.78 is 11.2. The van der Waals surface area contributed by atoms with Crippen LogP contribution in [-0.4, -0.2) is 28.4 Å². The maximum absolute atomic E-state index is 13.1. The molecule has 5 rings (SSSR count). The second-order valence-electron chi connectivity index (χ2n) is 8.80. The molecule has 0 saturated heterocycles. The molecule has 0 aliphatic rings. The minimum absolute atomic E-state index is 0.165. The van der Waals surface area contributed by atoms with Gasteiger partial charge in [0, 0.05) is 28.8 Å². The van der Waals surface area contributed by atoms with Gasteiger partial charge in [-0.15, -0.1) is 0 Å². The van der Waals surface area contributed by atoms with Crippen molar-refractivity contribution in [3.8, 4) is 17.0 Å². The van der Waals surface area contributed by atoms with Crippen LogP contribution in [0.5, 0.6) is 5.75 Å². The van der Waals surface area contributed by atoms with E-state index in [0.29, 0.717) is 29.0 Å². The summed E-state index contributed by atoms with van der Waals surface area (Å²) in [7, 11) is 0. The molecule has 9 heteroatoms. The van der Waals surface area contributed by atoms with Crippen molar-refractivity contribution in [2.75, 3.05) is 11.9 Å². The number of hydrogen-bond donors (Lipinski definition) is 1. The Bertz CT molecular complexity index is 1690. The Morgan fingerprint density at radius 2 is 1.60 bits per heavy atom. The first kappa shape index (κ1) is 26.1. The van der Waals surface area contributed by atoms with E-state index in [1.807, 2.05) is 60.7 Å². The molecule has 0 aliphatic heterocycles. The number of para-hydroxylation sites is 1. The molecule has 1 heterocycles. The number of nitro benzene ring substituents is 1. The zero-order valence-corrected chi connectivity index (χ0v) is 21.2. The van der Waals surface area contributed by atoms with Gasteiger partial charge >= 0.3 is 5.97 Å². The number of nitrogens with zero attached hydrogens (tertiary/aromatic N) is 2. The van der Waals surface area contributed by atoms with Crippen molar-refractivity contribution in [2.45, 2.75) is 6.61 Å². The van der Waals surface area contributed by atoms with Crippen LogP contribution >= 0.6 is 0 Å². The lowest BCUT2D eigenvalue weighted by Crippen LogP contribution is -2.21. The van der Waals surface area contributed by atoms with Crippen LogP contribution in [0.15, 0.2) is 109 Å². The molecule has 0 spiro atoms. The number of pyridine rings is 1. The molecule has 0 bridgehead atoms. The summed E-state index contributed by atoms with van der Waals surface area (Å²) in [5.74, 6) is -0.627. The number of anilines is 1. The molecule has 0 radical (unpaired) electrons. The zero-order valence-electron chi connectivity index (χ0n) is 21.2. The van der Waals surface area contributed by atoms with E-state index in [2.05, 4.69) is 5.32 Å². The zero-order chi connectivity index (χ0) is 27.9. The Labute approximate surface area is 229 Å². The Hall–Kier alpha value is -5.57. The lowest BCUT2D eigenvalue weighted by molar-refractivity contribution is -0.384. The molecular formula is C31H23N3O6. The number of amides is 1. The topological polar surface area (TPSA) is 121 Å². The molecule has 0 aliphatic carbocycles. The van der Waals surface area contributed by atoms with E-state index in [1.54, 1.807) is 24.3 Å². The summed E-state index contributed by atoms with van der Waals surface area (Å²) in [4.78, 5) is 40.6. The maximum Gasteiger partial charge on any atom is 0.339 e. The van der Waals surface area contributed by atoms with Crippen LogP contribution in [0.4, 0.5) is 11.4 Å². The summed E-state index contributed by atoms with van der Waals surface area (Å²) in [6.07, 6.45) is 0. The highest BCUT2D eigenvalue weighted by Gasteiger charge is 2.17. The molecule has 0 atom stereocenters. The van der Waals surface area contributed by atoms with Crippen LogP contribution in [0.1, 0.15) is 15.9 Å². The number of esters is 1. The van der Waals surface area contributed by atoms with Crippen LogP contribution < -0.4 is 10.1 Å². The highest BCUT2D eigenvalue weighted by atomic mass is 16.6. The number of ether oxygens (including phenoxy) is 2. The van der Waals surface area contributed by atoms with Gasteiger partial charge in [0.05, 0.1) is 21.7 Å². The molecule has 5 aromatic rings. The molecule has 4 aromatic carbocycles. The maximum atomic E-state index is 13.1. The van der Waals surface area contributed by atoms with E-state index < -0.39 is 23.4 Å². The van der Waals surface area contributed by atoms with Gasteiger partial charge < -0.3 is 14.8 Å². The minimum atomic E-state index is -0.697. The number of carbonyl (C=O) groups is 2. The van der Waals surface area contributed by atoms with Gasteiger partial charge in [-0.3, -0.25) is 14.9 Å². The van der Waals surface area contributed by atoms with Gasteiger partial charge in [-0.05, 0) is 48.0 Å². The van der Waals surface area contributed by atoms with Crippen LogP contribution in [0.2, 0.25) is 0 Å². The third-order valence-corrected chi connectivity index (χ3v) is 6.01. The van der Waals surface area contributed by atoms with Crippen LogP contribution in [0.25, 0.3) is 22.2 Å². The fourth-order valence-electron chi connectivity index (χ4n) is 4.06. The van der Waals surface area contributed by atoms with Crippen molar-refractivity contribution in [3.63, 3.8) is 0 Å². The number of nitrogens with one attached hydrogen (secondary N) is 1. The molecule has 1 aromatic heterocycles. The molecule has 9 nitrogen and oxygen atoms in total. The van der Waals surface area contributed by atoms with Crippen molar-refractivity contribution >= 4 is 34.2 Å². The quantitative estimate of drug-likeness (QED) is 0.136. The molecule has 0 fully saturated rings. The van der Waals surface area contributed by atoms with E-state index >= 15 is 0 Å². The number of fused-ring (bicyclic) bond motifs is 1. The van der Waals surface area contributed by atoms with Crippen molar-refractivity contribution in [1.29, 1.82) is 0 Å². The van der Waals surface area contributed by atoms with E-state index in [0.717, 1.165) is 11.1 Å². The van der Waals surface area contributed by atoms with Crippen LogP contribution in [0.3, 0.4) is 0 Å². The van der Waals surface area contributed by atoms with Crippen molar-refractivity contribution in [1.82, 2.24) is 4.98 Å². The monoisotopic (exact) mass is 533 g/mol. The van der Waals surface area contributed by atoms with Gasteiger partial charge in [-0.1, -0.05) is 54.6 Å². The van der Waals surface area contributed by atoms with Crippen molar-refractivity contribution < 1.29 is 24.0 Å². The predicted octanol–water partition coefficient (Wildman–Crippen LogP) is 6.18. The molecular weight excluding hydrogens is 510 g/mol. The fraction of sp³-hybridized carbons (Fsp3) is 0.0645. The summed E-state index contributed by atoms with van der Waals surface area (Å²) in [5, 5.41) is 14.0. The first-order valence-corrected chi connectivity index (χ1v) is 12.3. The number of carbonyl (C=O) groups excluding carboxylic acids is 2. The number of nitro groups is 1. The third-order valence-electron chi connectivity index (χ3n) is 6.01. The molecule has 198 valence electrons. The number of aromatic nitrogens is 1. The Kier molecular flexibility index (Phi) is 7.73. The van der Waals surface area contributed by atoms with E-state index in [-0.39, 0.29) is 16.9 Å². The predicted molar refractivity (Wildman–Crippen MR) is 150 cm³/mol. The average molecular weight is 534 g/mol. The van der Waals surface area contributed by atoms with E-state index in [1.165, 1.54) is 24.3 Å². The van der Waals surface area contributed by atoms with Crippen LogP contribution in [0, 0.1) is 10.1 Å². The highest BCUT2D eigenvalue weighted by molar-refractivity contribution is 6.05. The van der Waals surface area contributed by atoms with E-state index in [4.69, 9.17) is 14.5 Å². The first-order chi connectivity index (χ1) is 19.5. The van der Waals surface area contributed by atoms with Gasteiger partial charge in [-0.2, -0.15) is 0 Å². The van der Waals surface area contributed by atoms with E-state index in [9.17, 15) is 19.7 Å². The molecule has 40 heavy (non-hydrogen) atoms. The van der Waals surface area contributed by atoms with Gasteiger partial charge in [-0.25, -0.2) is 9.78 Å². The molecule has 0 unspecified atom stereocenters. The first-order valence-electron chi connectivity index (χ1n) is 12.3. The Morgan fingerprint density at radius 3 is 2.38 bits per heavy atom. The number of non-ortho nitro benzene ring substituents is 1. The standard InChI is InChI=1S/C31H23N3O6/c35-30(32-23-9-6-10-24(17-23)34(37)38)20-40-31(36)27-18-29(33-28-12-5-4-11-26(27)28)22-13-15-25(16-14-22)39-19-21-7-2-1-3-8-21/h1-18H,19-20H2,(H,32,35). The average Bonchev–Trinajstić information content (AvgIpc) is 2.99. The van der Waals surface area contributed by atoms with Gasteiger partial charge in [0.25, 0.3) is 11.6 Å². The number of rotatable bonds is 9. The summed E-state index contributed by atoms with van der Waals surface area (Å²) in [6.45, 7) is -0.125. The number of hydrogen-bond acceptors (Lipinski definition) is 7. The molecule has 1 N–H and O–H groups in total. The molecule has 0 saturated carbocycles. The lowest BCUT2D eigenvalue weighted by atomic mass is 10.0. The fourth-order valence-corrected chi connectivity index (χ4v) is 4.06. The van der Waals surface area contributed by atoms with Gasteiger partial charge in [0.1, 0.15) is 12.4 Å². The third kappa shape index (κ3) is 6.28. The van der Waals surface area contributed by atoms with Gasteiger partial charge in [0.15, 0.2) is 6.61 Å². The van der Waals surface area contributed by atoms with Crippen molar-refractivity contribution in [3.05, 3.63) is 130 Å². The number of benzene rings is 4. The minimum Gasteiger partial charge on any atom is -0.489 e. The second-order valence-corrected chi connectivity index (χ2v) is 8.80. The summed E-state index contributed by atoms with van der Waals surface area (Å²) in [6, 6.07) is 31.5. The largest absolute Gasteiger partial charge is 0.489 e. The normalized spacial score (nSPS) is 10.6. The Balaban J connectivity index is 1.30. The Morgan fingerprint density at radius 1 is 0.850 bits per heavy atom. The SMILES string of the molecule is O=C(COC(=O)c1cc(-c2ccc(OCc3ccccc3)cc2)nc2ccccc12)Nc1cccc([N+](=O)[O-])c1. The molecule has 1 amide bonds. The summed E-state index contributed by atoms with van der Waals surface area (Å²) >= 11 is 0. The van der Waals surface area contributed by atoms with Gasteiger partial charge in [0.2, 0.25) is 0 Å². The highest BCUT2D eigenvalue weighted by Crippen LogP contribution is 2.27. The van der Waals surface area contributed by atoms with Crippen LogP contribution in [-0.2, 0) is 16.1 Å². The smallest absolute Gasteiger partial charge is 0.339 e.